The van der Waals surface area contributed by atoms with Gasteiger partial charge in [-0.1, -0.05) is 25.4 Å². The molecule has 0 N–H and O–H groups in total. The molecular formula is C22H22ClN3O3. The Bertz CT molecular complexity index is 1040. The molecule has 6 nitrogen and oxygen atoms in total. The second-order valence-electron chi connectivity index (χ2n) is 7.36. The van der Waals surface area contributed by atoms with Crippen LogP contribution in [0.15, 0.2) is 48.7 Å². The highest BCUT2D eigenvalue weighted by molar-refractivity contribution is 6.30. The van der Waals surface area contributed by atoms with Crippen molar-refractivity contribution in [2.24, 2.45) is 5.92 Å². The van der Waals surface area contributed by atoms with Crippen LogP contribution in [0.1, 0.15) is 29.9 Å². The van der Waals surface area contributed by atoms with Crippen molar-refractivity contribution in [2.45, 2.75) is 20.4 Å². The molecule has 29 heavy (non-hydrogen) atoms. The molecule has 1 amide bonds. The Labute approximate surface area is 174 Å². The second kappa shape index (κ2) is 7.79. The molecule has 3 aromatic rings. The number of ether oxygens (including phenoxy) is 2. The van der Waals surface area contributed by atoms with Crippen LogP contribution in [0.4, 0.5) is 5.69 Å². The van der Waals surface area contributed by atoms with Gasteiger partial charge < -0.3 is 14.4 Å². The zero-order chi connectivity index (χ0) is 20.5. The van der Waals surface area contributed by atoms with Crippen LogP contribution in [0.2, 0.25) is 5.02 Å². The highest BCUT2D eigenvalue weighted by atomic mass is 35.5. The Balaban J connectivity index is 1.56. The predicted molar refractivity (Wildman–Crippen MR) is 112 cm³/mol. The van der Waals surface area contributed by atoms with Crippen LogP contribution < -0.4 is 14.4 Å². The maximum absolute atomic E-state index is 13.0. The summed E-state index contributed by atoms with van der Waals surface area (Å²) in [4.78, 5) is 14.6. The maximum atomic E-state index is 13.0. The van der Waals surface area contributed by atoms with Gasteiger partial charge in [0.15, 0.2) is 17.2 Å². The molecule has 2 aromatic carbocycles. The molecule has 0 fully saturated rings. The number of carbonyl (C=O) groups is 1. The first kappa shape index (κ1) is 19.3. The van der Waals surface area contributed by atoms with Gasteiger partial charge in [0.1, 0.15) is 0 Å². The number of benzene rings is 2. The summed E-state index contributed by atoms with van der Waals surface area (Å²) in [5.74, 6) is 1.55. The van der Waals surface area contributed by atoms with Gasteiger partial charge in [-0.25, -0.2) is 4.68 Å². The average Bonchev–Trinajstić information content (AvgIpc) is 3.26. The molecule has 0 spiro atoms. The van der Waals surface area contributed by atoms with Crippen molar-refractivity contribution >= 4 is 23.2 Å². The second-order valence-corrected chi connectivity index (χ2v) is 7.79. The van der Waals surface area contributed by atoms with Crippen LogP contribution in [0.25, 0.3) is 5.69 Å². The minimum absolute atomic E-state index is 0.134. The molecule has 150 valence electrons. The fraction of sp³-hybridized carbons (Fsp3) is 0.273. The van der Waals surface area contributed by atoms with Crippen LogP contribution in [0.5, 0.6) is 11.5 Å². The largest absolute Gasteiger partial charge is 0.493 e. The molecule has 7 heteroatoms. The number of amides is 1. The van der Waals surface area contributed by atoms with Gasteiger partial charge in [-0.2, -0.15) is 5.10 Å². The van der Waals surface area contributed by atoms with Crippen molar-refractivity contribution in [2.75, 3.05) is 18.6 Å². The van der Waals surface area contributed by atoms with E-state index in [1.165, 1.54) is 0 Å². The van der Waals surface area contributed by atoms with Crippen molar-refractivity contribution in [1.82, 2.24) is 9.78 Å². The molecule has 0 atom stereocenters. The summed E-state index contributed by atoms with van der Waals surface area (Å²) in [5.41, 5.74) is 2.94. The molecule has 0 bridgehead atoms. The summed E-state index contributed by atoms with van der Waals surface area (Å²) in [6.07, 6.45) is 1.88. The summed E-state index contributed by atoms with van der Waals surface area (Å²) in [6, 6.07) is 12.9. The highest BCUT2D eigenvalue weighted by Crippen LogP contribution is 2.35. The van der Waals surface area contributed by atoms with Crippen molar-refractivity contribution in [3.63, 3.8) is 0 Å². The standard InChI is InChI=1S/C22H22ClN3O3/c1-14(2)13-29-19-9-8-18(10-20(19)28-3)25-11-15-12-26(24-21(15)22(25)27)17-6-4-16(23)5-7-17/h4-10,12,14H,11,13H2,1-3H3. The molecule has 0 saturated heterocycles. The van der Waals surface area contributed by atoms with Crippen LogP contribution in [0.3, 0.4) is 0 Å². The molecule has 4 rings (SSSR count). The number of anilines is 1. The van der Waals surface area contributed by atoms with Gasteiger partial charge in [0.05, 0.1) is 25.9 Å². The van der Waals surface area contributed by atoms with Crippen molar-refractivity contribution in [1.29, 1.82) is 0 Å². The third-order valence-corrected chi connectivity index (χ3v) is 4.94. The van der Waals surface area contributed by atoms with Gasteiger partial charge in [-0.15, -0.1) is 0 Å². The van der Waals surface area contributed by atoms with E-state index in [1.54, 1.807) is 28.8 Å². The summed E-state index contributed by atoms with van der Waals surface area (Å²) in [7, 11) is 1.60. The number of fused-ring (bicyclic) bond motifs is 1. The first-order valence-corrected chi connectivity index (χ1v) is 9.81. The van der Waals surface area contributed by atoms with Crippen molar-refractivity contribution < 1.29 is 14.3 Å². The molecule has 0 saturated carbocycles. The van der Waals surface area contributed by atoms with Crippen LogP contribution >= 0.6 is 11.6 Å². The average molecular weight is 412 g/mol. The first-order chi connectivity index (χ1) is 14.0. The lowest BCUT2D eigenvalue weighted by atomic mass is 10.2. The third-order valence-electron chi connectivity index (χ3n) is 4.69. The highest BCUT2D eigenvalue weighted by Gasteiger charge is 2.32. The smallest absolute Gasteiger partial charge is 0.279 e. The van der Waals surface area contributed by atoms with E-state index < -0.39 is 0 Å². The molecule has 1 aliphatic rings. The molecule has 0 aliphatic carbocycles. The van der Waals surface area contributed by atoms with E-state index in [0.717, 1.165) is 16.9 Å². The summed E-state index contributed by atoms with van der Waals surface area (Å²) >= 11 is 5.95. The van der Waals surface area contributed by atoms with Crippen molar-refractivity contribution in [3.8, 4) is 17.2 Å². The number of methoxy groups -OCH3 is 1. The third kappa shape index (κ3) is 3.80. The summed E-state index contributed by atoms with van der Waals surface area (Å²) < 4.78 is 13.0. The van der Waals surface area contributed by atoms with Crippen LogP contribution in [-0.4, -0.2) is 29.4 Å². The van der Waals surface area contributed by atoms with Gasteiger partial charge >= 0.3 is 0 Å². The fourth-order valence-corrected chi connectivity index (χ4v) is 3.34. The van der Waals surface area contributed by atoms with E-state index >= 15 is 0 Å². The Morgan fingerprint density at radius 1 is 1.10 bits per heavy atom. The Morgan fingerprint density at radius 2 is 1.83 bits per heavy atom. The zero-order valence-electron chi connectivity index (χ0n) is 16.6. The Morgan fingerprint density at radius 3 is 2.48 bits per heavy atom. The lowest BCUT2D eigenvalue weighted by Crippen LogP contribution is -2.24. The molecule has 0 radical (unpaired) electrons. The van der Waals surface area contributed by atoms with Crippen LogP contribution in [0, 0.1) is 5.92 Å². The lowest BCUT2D eigenvalue weighted by molar-refractivity contribution is 0.0991. The number of halogens is 1. The number of hydrogen-bond donors (Lipinski definition) is 0. The topological polar surface area (TPSA) is 56.6 Å². The lowest BCUT2D eigenvalue weighted by Gasteiger charge is -2.19. The monoisotopic (exact) mass is 411 g/mol. The van der Waals surface area contributed by atoms with E-state index in [9.17, 15) is 4.79 Å². The van der Waals surface area contributed by atoms with Crippen molar-refractivity contribution in [3.05, 3.63) is 64.9 Å². The number of nitrogens with zero attached hydrogens (tertiary/aromatic N) is 3. The normalized spacial score (nSPS) is 13.1. The Hall–Kier alpha value is -2.99. The van der Waals surface area contributed by atoms with Gasteiger partial charge in [-0.3, -0.25) is 4.79 Å². The van der Waals surface area contributed by atoms with E-state index in [0.29, 0.717) is 41.3 Å². The predicted octanol–water partition coefficient (Wildman–Crippen LogP) is 4.73. The summed E-state index contributed by atoms with van der Waals surface area (Å²) in [6.45, 7) is 5.23. The fourth-order valence-electron chi connectivity index (χ4n) is 3.21. The van der Waals surface area contributed by atoms with E-state index in [-0.39, 0.29) is 5.91 Å². The minimum atomic E-state index is -0.134. The number of rotatable bonds is 6. The number of carbonyl (C=O) groups excluding carboxylic acids is 1. The van der Waals surface area contributed by atoms with E-state index in [2.05, 4.69) is 18.9 Å². The quantitative estimate of drug-likeness (QED) is 0.588. The maximum Gasteiger partial charge on any atom is 0.279 e. The van der Waals surface area contributed by atoms with E-state index in [1.807, 2.05) is 36.5 Å². The molecule has 0 unspecified atom stereocenters. The molecule has 1 aromatic heterocycles. The molecule has 2 heterocycles. The molecule has 1 aliphatic heterocycles. The van der Waals surface area contributed by atoms with Gasteiger partial charge in [-0.05, 0) is 42.3 Å². The zero-order valence-corrected chi connectivity index (χ0v) is 17.3. The molecular weight excluding hydrogens is 390 g/mol. The summed E-state index contributed by atoms with van der Waals surface area (Å²) in [5, 5.41) is 5.14. The minimum Gasteiger partial charge on any atom is -0.493 e. The number of hydrogen-bond acceptors (Lipinski definition) is 4. The van der Waals surface area contributed by atoms with E-state index in [4.69, 9.17) is 21.1 Å². The van der Waals surface area contributed by atoms with Crippen LogP contribution in [-0.2, 0) is 6.54 Å². The van der Waals surface area contributed by atoms with Gasteiger partial charge in [0, 0.05) is 28.5 Å². The van der Waals surface area contributed by atoms with Gasteiger partial charge in [0.2, 0.25) is 0 Å². The first-order valence-electron chi connectivity index (χ1n) is 9.43. The number of aromatic nitrogens is 2. The SMILES string of the molecule is COc1cc(N2Cc3cn(-c4ccc(Cl)cc4)nc3C2=O)ccc1OCC(C)C. The van der Waals surface area contributed by atoms with Gasteiger partial charge in [0.25, 0.3) is 5.91 Å². The Kier molecular flexibility index (Phi) is 5.20.